The van der Waals surface area contributed by atoms with Crippen molar-refractivity contribution in [3.8, 4) is 0 Å². The van der Waals surface area contributed by atoms with E-state index in [-0.39, 0.29) is 29.5 Å². The average Bonchev–Trinajstić information content (AvgIpc) is 3.73. The van der Waals surface area contributed by atoms with Crippen LogP contribution in [0, 0.1) is 0 Å². The quantitative estimate of drug-likeness (QED) is 0.0898. The second-order valence-corrected chi connectivity index (χ2v) is 14.0. The van der Waals surface area contributed by atoms with Crippen molar-refractivity contribution in [3.05, 3.63) is 28.4 Å². The molecule has 2 aliphatic heterocycles. The summed E-state index contributed by atoms with van der Waals surface area (Å²) < 4.78 is 57.6. The Morgan fingerprint density at radius 1 is 1.30 bits per heavy atom. The Balaban J connectivity index is 1.20. The molecule has 0 radical (unpaired) electrons. The van der Waals surface area contributed by atoms with E-state index < -0.39 is 75.6 Å². The molecule has 0 spiro atoms. The highest BCUT2D eigenvalue weighted by atomic mass is 32.7. The molecule has 9 atom stereocenters. The number of nitrogens with one attached hydrogen (secondary N) is 1. The summed E-state index contributed by atoms with van der Waals surface area (Å²) in [5.41, 5.74) is 11.3. The molecular formula is C19H23FN11O9P2S2+. The van der Waals surface area contributed by atoms with E-state index in [0.717, 1.165) is 4.68 Å². The second kappa shape index (κ2) is 12.2. The van der Waals surface area contributed by atoms with Crippen molar-refractivity contribution in [2.75, 3.05) is 24.7 Å². The Kier molecular flexibility index (Phi) is 8.63. The van der Waals surface area contributed by atoms with Crippen LogP contribution in [0.15, 0.2) is 17.3 Å². The number of fused-ring (bicyclic) bond motifs is 2. The Morgan fingerprint density at radius 2 is 2.09 bits per heavy atom. The van der Waals surface area contributed by atoms with Crippen LogP contribution >= 0.6 is 26.2 Å². The molecule has 20 nitrogen and oxygen atoms in total. The number of nitrogens with zero attached hydrogens (tertiary/aromatic N) is 8. The molecule has 4 aromatic rings. The SMILES string of the molecule is Nc1nc2c(nnn2[C@@H]2O[C@H](CO)[C@H](F)C2OP(O)(=S)OC[C@H]2O[C@@H](c3cnn4c(N)ncnc34)C[C@@H]2O[P+](=O)S)c(=O)[nH]1. The van der Waals surface area contributed by atoms with Gasteiger partial charge in [0.1, 0.15) is 43.0 Å². The van der Waals surface area contributed by atoms with Gasteiger partial charge in [-0.05, 0) is 16.4 Å². The molecule has 0 aromatic carbocycles. The molecule has 7 N–H and O–H groups in total. The largest absolute Gasteiger partial charge is 0.582 e. The van der Waals surface area contributed by atoms with E-state index in [1.54, 1.807) is 0 Å². The van der Waals surface area contributed by atoms with Crippen LogP contribution in [0.1, 0.15) is 24.3 Å². The number of rotatable bonds is 10. The average molecular weight is 695 g/mol. The maximum Gasteiger partial charge on any atom is 0.582 e. The lowest BCUT2D eigenvalue weighted by Gasteiger charge is -2.25. The van der Waals surface area contributed by atoms with Crippen LogP contribution in [0.3, 0.4) is 0 Å². The minimum atomic E-state index is -4.30. The summed E-state index contributed by atoms with van der Waals surface area (Å²) in [5, 5.41) is 21.3. The van der Waals surface area contributed by atoms with E-state index in [0.29, 0.717) is 11.2 Å². The number of anilines is 2. The normalized spacial score (nSPS) is 29.0. The van der Waals surface area contributed by atoms with Gasteiger partial charge in [-0.3, -0.25) is 14.3 Å². The highest BCUT2D eigenvalue weighted by Crippen LogP contribution is 2.51. The van der Waals surface area contributed by atoms with Crippen molar-refractivity contribution in [1.82, 2.24) is 44.5 Å². The lowest BCUT2D eigenvalue weighted by atomic mass is 10.1. The summed E-state index contributed by atoms with van der Waals surface area (Å²) in [6, 6.07) is 0. The third kappa shape index (κ3) is 5.93. The molecule has 3 unspecified atom stereocenters. The first-order valence-electron chi connectivity index (χ1n) is 12.5. The Bertz CT molecular complexity index is 1830. The fraction of sp³-hybridized carbons (Fsp3) is 0.526. The molecule has 2 saturated heterocycles. The molecule has 2 fully saturated rings. The number of thiol groups is 1. The van der Waals surface area contributed by atoms with Crippen molar-refractivity contribution >= 4 is 66.7 Å². The number of halogens is 1. The Hall–Kier alpha value is -2.82. The van der Waals surface area contributed by atoms with E-state index >= 15 is 4.39 Å². The van der Waals surface area contributed by atoms with E-state index in [4.69, 9.17) is 46.3 Å². The number of alkyl halides is 1. The number of nitrogens with two attached hydrogens (primary N) is 2. The van der Waals surface area contributed by atoms with Crippen LogP contribution in [-0.4, -0.2) is 98.3 Å². The molecule has 236 valence electrons. The minimum absolute atomic E-state index is 0.0947. The molecule has 4 aromatic heterocycles. The third-order valence-electron chi connectivity index (χ3n) is 6.83. The molecule has 6 rings (SSSR count). The van der Waals surface area contributed by atoms with Crippen molar-refractivity contribution in [2.45, 2.75) is 49.3 Å². The van der Waals surface area contributed by atoms with E-state index in [2.05, 4.69) is 47.6 Å². The van der Waals surface area contributed by atoms with E-state index in [1.165, 1.54) is 17.0 Å². The topological polar surface area (TPSA) is 275 Å². The highest BCUT2D eigenvalue weighted by molar-refractivity contribution is 8.39. The zero-order chi connectivity index (χ0) is 31.3. The van der Waals surface area contributed by atoms with Gasteiger partial charge in [0, 0.05) is 12.0 Å². The van der Waals surface area contributed by atoms with Crippen molar-refractivity contribution < 1.29 is 42.0 Å². The van der Waals surface area contributed by atoms with Crippen LogP contribution in [0.5, 0.6) is 0 Å². The maximum atomic E-state index is 15.4. The lowest BCUT2D eigenvalue weighted by Crippen LogP contribution is -2.33. The lowest BCUT2D eigenvalue weighted by molar-refractivity contribution is -0.0563. The molecule has 44 heavy (non-hydrogen) atoms. The number of hydrogen-bond donors (Lipinski definition) is 6. The highest BCUT2D eigenvalue weighted by Gasteiger charge is 2.51. The first-order chi connectivity index (χ1) is 21.0. The number of aromatic amines is 1. The summed E-state index contributed by atoms with van der Waals surface area (Å²) in [7, 11) is -2.38. The standard InChI is InChI=1S/C19H22FN11O9P2S2/c20-11-9(3-32)38-17(30-15-12(28-29-30)16(33)27-18(21)26-15)13(11)40-42(35,44)36-4-10-8(39-41(34)43)1-7(37-10)6-2-25-31-14(6)23-5-24-19(31)22/h2,5,7-11,13,17,32H,1,3-4H2,(H6-,21,22,23,24,25,26,27,29,33,34,35,43,44)/p+1/t7-,8+,9-,10-,11+,13?,17-,42?/m1/s1. The summed E-state index contributed by atoms with van der Waals surface area (Å²) in [6.45, 7) is -5.51. The molecule has 0 saturated carbocycles. The Labute approximate surface area is 255 Å². The number of ether oxygens (including phenoxy) is 2. The van der Waals surface area contributed by atoms with Gasteiger partial charge in [0.25, 0.3) is 5.56 Å². The first kappa shape index (κ1) is 31.2. The molecule has 0 aliphatic carbocycles. The second-order valence-electron chi connectivity index (χ2n) is 9.53. The number of aliphatic hydroxyl groups is 1. The van der Waals surface area contributed by atoms with Gasteiger partial charge >= 0.3 is 13.9 Å². The fourth-order valence-corrected chi connectivity index (χ4v) is 7.12. The monoisotopic (exact) mass is 694 g/mol. The molecule has 0 amide bonds. The Morgan fingerprint density at radius 3 is 2.84 bits per heavy atom. The van der Waals surface area contributed by atoms with Gasteiger partial charge in [-0.1, -0.05) is 5.21 Å². The van der Waals surface area contributed by atoms with Crippen LogP contribution in [0.25, 0.3) is 16.8 Å². The number of H-pyrrole nitrogens is 1. The van der Waals surface area contributed by atoms with Gasteiger partial charge in [0.15, 0.2) is 29.2 Å². The van der Waals surface area contributed by atoms with Crippen LogP contribution < -0.4 is 17.0 Å². The van der Waals surface area contributed by atoms with E-state index in [1.807, 2.05) is 0 Å². The van der Waals surface area contributed by atoms with E-state index in [9.17, 15) is 19.4 Å². The number of aromatic nitrogens is 9. The molecule has 0 bridgehead atoms. The molecule has 25 heteroatoms. The van der Waals surface area contributed by atoms with Gasteiger partial charge in [0.05, 0.1) is 25.5 Å². The van der Waals surface area contributed by atoms with Crippen molar-refractivity contribution in [3.63, 3.8) is 0 Å². The van der Waals surface area contributed by atoms with Gasteiger partial charge in [-0.25, -0.2) is 14.4 Å². The fourth-order valence-electron chi connectivity index (χ4n) is 4.90. The summed E-state index contributed by atoms with van der Waals surface area (Å²) >= 11 is 8.99. The van der Waals surface area contributed by atoms with Gasteiger partial charge in [0.2, 0.25) is 11.9 Å². The van der Waals surface area contributed by atoms with Crippen LogP contribution in [-0.2, 0) is 39.4 Å². The zero-order valence-electron chi connectivity index (χ0n) is 21.9. The predicted octanol–water partition coefficient (Wildman–Crippen LogP) is -0.534. The van der Waals surface area contributed by atoms with Gasteiger partial charge in [-0.2, -0.15) is 19.3 Å². The van der Waals surface area contributed by atoms with Gasteiger partial charge in [-0.15, -0.1) is 9.62 Å². The smallest absolute Gasteiger partial charge is 0.394 e. The zero-order valence-corrected chi connectivity index (χ0v) is 25.4. The van der Waals surface area contributed by atoms with Crippen molar-refractivity contribution in [1.29, 1.82) is 0 Å². The number of nitrogen functional groups attached to an aromatic ring is 2. The van der Waals surface area contributed by atoms with Crippen LogP contribution in [0.4, 0.5) is 16.3 Å². The number of aliphatic hydroxyl groups excluding tert-OH is 1. The van der Waals surface area contributed by atoms with Crippen LogP contribution in [0.2, 0.25) is 0 Å². The summed E-state index contributed by atoms with van der Waals surface area (Å²) in [5.74, 6) is -0.181. The summed E-state index contributed by atoms with van der Waals surface area (Å²) in [6.07, 6.45) is -6.26. The first-order valence-corrected chi connectivity index (χ1v) is 17.5. The molecule has 2 aliphatic rings. The summed E-state index contributed by atoms with van der Waals surface area (Å²) in [4.78, 5) is 37.4. The molecule has 6 heterocycles. The minimum Gasteiger partial charge on any atom is -0.394 e. The predicted molar refractivity (Wildman–Crippen MR) is 152 cm³/mol. The number of hydrogen-bond acceptors (Lipinski definition) is 17. The maximum absolute atomic E-state index is 15.4. The third-order valence-corrected chi connectivity index (χ3v) is 9.12. The van der Waals surface area contributed by atoms with Crippen molar-refractivity contribution in [2.24, 2.45) is 0 Å². The molecular weight excluding hydrogens is 671 g/mol. The van der Waals surface area contributed by atoms with Gasteiger partial charge < -0.3 is 35.5 Å².